The number of carbonyl (C=O) groups excluding carboxylic acids is 1. The minimum absolute atomic E-state index is 0.0640. The zero-order chi connectivity index (χ0) is 16.9. The van der Waals surface area contributed by atoms with Crippen LogP contribution >= 0.6 is 0 Å². The lowest BCUT2D eigenvalue weighted by Gasteiger charge is -2.20. The highest BCUT2D eigenvalue weighted by atomic mass is 19.1. The van der Waals surface area contributed by atoms with Crippen molar-refractivity contribution in [3.63, 3.8) is 0 Å². The Kier molecular flexibility index (Phi) is 4.96. The molecule has 3 rings (SSSR count). The molecule has 1 aliphatic rings. The van der Waals surface area contributed by atoms with Crippen LogP contribution in [0.5, 0.6) is 5.75 Å². The van der Waals surface area contributed by atoms with Gasteiger partial charge in [0.25, 0.3) is 0 Å². The molecule has 2 aromatic rings. The summed E-state index contributed by atoms with van der Waals surface area (Å²) in [5, 5.41) is 5.53. The second-order valence-corrected chi connectivity index (χ2v) is 5.63. The number of anilines is 1. The van der Waals surface area contributed by atoms with Gasteiger partial charge in [-0.15, -0.1) is 0 Å². The Balaban J connectivity index is 1.63. The van der Waals surface area contributed by atoms with E-state index >= 15 is 0 Å². The molecule has 6 heteroatoms. The first-order chi connectivity index (χ1) is 11.7. The molecule has 2 N–H and O–H groups in total. The summed E-state index contributed by atoms with van der Waals surface area (Å²) in [5.74, 6) is 0.452. The molecule has 24 heavy (non-hydrogen) atoms. The average molecular weight is 330 g/mol. The van der Waals surface area contributed by atoms with E-state index in [1.54, 1.807) is 19.2 Å². The van der Waals surface area contributed by atoms with E-state index in [0.29, 0.717) is 18.9 Å². The Morgan fingerprint density at radius 3 is 2.71 bits per heavy atom. The van der Waals surface area contributed by atoms with Crippen molar-refractivity contribution in [1.82, 2.24) is 5.32 Å². The van der Waals surface area contributed by atoms with Gasteiger partial charge in [0.05, 0.1) is 26.4 Å². The normalized spacial score (nSPS) is 19.8. The molecule has 0 radical (unpaired) electrons. The highest BCUT2D eigenvalue weighted by Gasteiger charge is 2.30. The zero-order valence-corrected chi connectivity index (χ0v) is 13.3. The van der Waals surface area contributed by atoms with Gasteiger partial charge >= 0.3 is 6.03 Å². The Bertz CT molecular complexity index is 706. The van der Waals surface area contributed by atoms with Crippen molar-refractivity contribution >= 4 is 11.7 Å². The summed E-state index contributed by atoms with van der Waals surface area (Å²) in [6.07, 6.45) is 0. The van der Waals surface area contributed by atoms with Gasteiger partial charge in [0.15, 0.2) is 0 Å². The van der Waals surface area contributed by atoms with Crippen LogP contribution in [0, 0.1) is 5.82 Å². The number of urea groups is 1. The highest BCUT2D eigenvalue weighted by molar-refractivity contribution is 5.89. The van der Waals surface area contributed by atoms with Crippen LogP contribution in [-0.2, 0) is 4.74 Å². The Morgan fingerprint density at radius 1 is 1.21 bits per heavy atom. The first-order valence-corrected chi connectivity index (χ1v) is 7.70. The lowest BCUT2D eigenvalue weighted by atomic mass is 9.94. The number of rotatable bonds is 4. The standard InChI is InChI=1S/C18H19FN2O3/c1-23-15-7-5-12(6-8-15)16-10-24-11-17(16)21-18(22)20-14-4-2-3-13(19)9-14/h2-9,16-17H,10-11H2,1H3,(H2,20,21,22). The molecule has 0 aromatic heterocycles. The third-order valence-electron chi connectivity index (χ3n) is 4.02. The molecule has 2 atom stereocenters. The smallest absolute Gasteiger partial charge is 0.319 e. The molecule has 2 amide bonds. The summed E-state index contributed by atoms with van der Waals surface area (Å²) in [7, 11) is 1.62. The zero-order valence-electron chi connectivity index (χ0n) is 13.3. The predicted molar refractivity (Wildman–Crippen MR) is 88.9 cm³/mol. The molecule has 5 nitrogen and oxygen atoms in total. The monoisotopic (exact) mass is 330 g/mol. The van der Waals surface area contributed by atoms with Crippen molar-refractivity contribution in [3.8, 4) is 5.75 Å². The number of amides is 2. The van der Waals surface area contributed by atoms with Gasteiger partial charge in [-0.25, -0.2) is 9.18 Å². The summed E-state index contributed by atoms with van der Waals surface area (Å²) >= 11 is 0. The second kappa shape index (κ2) is 7.31. The number of benzene rings is 2. The maximum atomic E-state index is 13.2. The number of carbonyl (C=O) groups is 1. The van der Waals surface area contributed by atoms with Crippen molar-refractivity contribution in [1.29, 1.82) is 0 Å². The summed E-state index contributed by atoms with van der Waals surface area (Å²) in [6, 6.07) is 13.0. The van der Waals surface area contributed by atoms with Crippen LogP contribution in [0.3, 0.4) is 0 Å². The van der Waals surface area contributed by atoms with Crippen molar-refractivity contribution in [2.75, 3.05) is 25.6 Å². The van der Waals surface area contributed by atoms with Crippen LogP contribution in [0.2, 0.25) is 0 Å². The van der Waals surface area contributed by atoms with E-state index in [4.69, 9.17) is 9.47 Å². The molecule has 1 heterocycles. The van der Waals surface area contributed by atoms with E-state index in [9.17, 15) is 9.18 Å². The number of methoxy groups -OCH3 is 1. The van der Waals surface area contributed by atoms with Crippen LogP contribution in [0.4, 0.5) is 14.9 Å². The number of nitrogens with one attached hydrogen (secondary N) is 2. The van der Waals surface area contributed by atoms with Crippen LogP contribution in [-0.4, -0.2) is 32.4 Å². The van der Waals surface area contributed by atoms with E-state index in [-0.39, 0.29) is 18.0 Å². The molecule has 126 valence electrons. The van der Waals surface area contributed by atoms with Crippen molar-refractivity contribution in [2.24, 2.45) is 0 Å². The van der Waals surface area contributed by atoms with E-state index in [1.807, 2.05) is 24.3 Å². The van der Waals surface area contributed by atoms with Gasteiger partial charge in [0.1, 0.15) is 11.6 Å². The van der Waals surface area contributed by atoms with E-state index in [1.165, 1.54) is 12.1 Å². The van der Waals surface area contributed by atoms with Gasteiger partial charge in [-0.3, -0.25) is 0 Å². The molecule has 2 aromatic carbocycles. The minimum atomic E-state index is -0.395. The summed E-state index contributed by atoms with van der Waals surface area (Å²) in [5.41, 5.74) is 1.48. The molecule has 0 spiro atoms. The Hall–Kier alpha value is -2.60. The van der Waals surface area contributed by atoms with Crippen LogP contribution in [0.25, 0.3) is 0 Å². The van der Waals surface area contributed by atoms with Gasteiger partial charge in [-0.2, -0.15) is 0 Å². The first kappa shape index (κ1) is 16.3. The third kappa shape index (κ3) is 3.83. The SMILES string of the molecule is COc1ccc(C2COCC2NC(=O)Nc2cccc(F)c2)cc1. The maximum Gasteiger partial charge on any atom is 0.319 e. The van der Waals surface area contributed by atoms with Crippen LogP contribution in [0.15, 0.2) is 48.5 Å². The van der Waals surface area contributed by atoms with Crippen LogP contribution < -0.4 is 15.4 Å². The lowest BCUT2D eigenvalue weighted by Crippen LogP contribution is -2.41. The largest absolute Gasteiger partial charge is 0.497 e. The highest BCUT2D eigenvalue weighted by Crippen LogP contribution is 2.27. The topological polar surface area (TPSA) is 59.6 Å². The predicted octanol–water partition coefficient (Wildman–Crippen LogP) is 3.14. The molecular weight excluding hydrogens is 311 g/mol. The third-order valence-corrected chi connectivity index (χ3v) is 4.02. The maximum absolute atomic E-state index is 13.2. The summed E-state index contributed by atoms with van der Waals surface area (Å²) < 4.78 is 23.8. The molecule has 0 bridgehead atoms. The van der Waals surface area contributed by atoms with Gasteiger partial charge < -0.3 is 20.1 Å². The van der Waals surface area contributed by atoms with Gasteiger partial charge in [0.2, 0.25) is 0 Å². The molecule has 2 unspecified atom stereocenters. The minimum Gasteiger partial charge on any atom is -0.497 e. The fraction of sp³-hybridized carbons (Fsp3) is 0.278. The molecule has 1 saturated heterocycles. The van der Waals surface area contributed by atoms with Crippen molar-refractivity contribution < 1.29 is 18.7 Å². The van der Waals surface area contributed by atoms with Gasteiger partial charge in [0, 0.05) is 11.6 Å². The molecule has 0 aliphatic carbocycles. The molecular formula is C18H19FN2O3. The number of hydrogen-bond donors (Lipinski definition) is 2. The van der Waals surface area contributed by atoms with Crippen LogP contribution in [0.1, 0.15) is 11.5 Å². The number of halogens is 1. The second-order valence-electron chi connectivity index (χ2n) is 5.63. The van der Waals surface area contributed by atoms with E-state index < -0.39 is 5.82 Å². The van der Waals surface area contributed by atoms with Crippen molar-refractivity contribution in [2.45, 2.75) is 12.0 Å². The summed E-state index contributed by atoms with van der Waals surface area (Å²) in [6.45, 7) is 0.977. The van der Waals surface area contributed by atoms with Gasteiger partial charge in [-0.05, 0) is 35.9 Å². The summed E-state index contributed by atoms with van der Waals surface area (Å²) in [4.78, 5) is 12.1. The number of hydrogen-bond acceptors (Lipinski definition) is 3. The molecule has 1 aliphatic heterocycles. The van der Waals surface area contributed by atoms with Gasteiger partial charge in [-0.1, -0.05) is 18.2 Å². The van der Waals surface area contributed by atoms with Crippen molar-refractivity contribution in [3.05, 3.63) is 59.9 Å². The lowest BCUT2D eigenvalue weighted by molar-refractivity contribution is 0.187. The fourth-order valence-corrected chi connectivity index (χ4v) is 2.78. The molecule has 0 saturated carbocycles. The average Bonchev–Trinajstić information content (AvgIpc) is 3.03. The first-order valence-electron chi connectivity index (χ1n) is 7.70. The van der Waals surface area contributed by atoms with E-state index in [0.717, 1.165) is 11.3 Å². The number of ether oxygens (including phenoxy) is 2. The van der Waals surface area contributed by atoms with E-state index in [2.05, 4.69) is 10.6 Å². The molecule has 1 fully saturated rings. The fourth-order valence-electron chi connectivity index (χ4n) is 2.78. The quantitative estimate of drug-likeness (QED) is 0.905. The Morgan fingerprint density at radius 2 is 2.00 bits per heavy atom. The Labute approximate surface area is 139 Å².